The molecule has 3 amide bonds. The zero-order valence-corrected chi connectivity index (χ0v) is 22.8. The quantitative estimate of drug-likeness (QED) is 0.320. The number of alkyl carbamates (subject to hydrolysis) is 1. The molecule has 2 aliphatic rings. The Balaban J connectivity index is 1.65. The lowest BCUT2D eigenvalue weighted by Gasteiger charge is -2.39. The molecule has 1 aromatic carbocycles. The number of nitrogens with one attached hydrogen (secondary N) is 3. The smallest absolute Gasteiger partial charge is 0.406 e. The van der Waals surface area contributed by atoms with E-state index in [0.29, 0.717) is 37.8 Å². The molecule has 9 nitrogen and oxygen atoms in total. The number of rotatable bonds is 11. The highest BCUT2D eigenvalue weighted by atomic mass is 35.5. The molecule has 0 radical (unpaired) electrons. The predicted molar refractivity (Wildman–Crippen MR) is 144 cm³/mol. The van der Waals surface area contributed by atoms with Gasteiger partial charge in [-0.2, -0.15) is 0 Å². The van der Waals surface area contributed by atoms with Gasteiger partial charge in [0.05, 0.1) is 32.0 Å². The maximum absolute atomic E-state index is 13.4. The number of likely N-dealkylation sites (tertiary alicyclic amines) is 1. The number of aliphatic hydroxyl groups excluding tert-OH is 1. The number of piperidine rings is 1. The molecule has 0 aromatic heterocycles. The highest BCUT2D eigenvalue weighted by Gasteiger charge is 2.34. The summed E-state index contributed by atoms with van der Waals surface area (Å²) in [6.07, 6.45) is 5.89. The van der Waals surface area contributed by atoms with Gasteiger partial charge in [0.25, 0.3) is 0 Å². The minimum atomic E-state index is -0.567. The van der Waals surface area contributed by atoms with Crippen LogP contribution in [0.3, 0.4) is 0 Å². The van der Waals surface area contributed by atoms with Crippen LogP contribution in [0.2, 0.25) is 5.02 Å². The van der Waals surface area contributed by atoms with Gasteiger partial charge in [-0.25, -0.2) is 9.59 Å². The predicted octanol–water partition coefficient (Wildman–Crippen LogP) is 3.70. The van der Waals surface area contributed by atoms with Crippen molar-refractivity contribution < 1.29 is 24.2 Å². The zero-order valence-electron chi connectivity index (χ0n) is 22.1. The summed E-state index contributed by atoms with van der Waals surface area (Å²) in [6, 6.07) is 7.08. The van der Waals surface area contributed by atoms with E-state index in [0.717, 1.165) is 44.1 Å². The summed E-state index contributed by atoms with van der Waals surface area (Å²) in [5.74, 6) is 0.280. The van der Waals surface area contributed by atoms with E-state index in [1.54, 1.807) is 0 Å². The largest absolute Gasteiger partial charge is 0.453 e. The molecule has 4 atom stereocenters. The fourth-order valence-corrected chi connectivity index (χ4v) is 5.77. The molecule has 0 spiro atoms. The van der Waals surface area contributed by atoms with Crippen LogP contribution < -0.4 is 16.0 Å². The molecule has 10 heteroatoms. The second-order valence-corrected chi connectivity index (χ2v) is 10.6. The summed E-state index contributed by atoms with van der Waals surface area (Å²) in [5, 5.41) is 20.6. The second kappa shape index (κ2) is 15.4. The molecule has 1 aromatic rings. The summed E-state index contributed by atoms with van der Waals surface area (Å²) >= 11 is 6.28. The van der Waals surface area contributed by atoms with Crippen LogP contribution in [0.4, 0.5) is 9.59 Å². The third-order valence-electron chi connectivity index (χ3n) is 7.48. The number of amides is 3. The van der Waals surface area contributed by atoms with Crippen molar-refractivity contribution in [3.05, 3.63) is 34.9 Å². The Morgan fingerprint density at radius 1 is 1.16 bits per heavy atom. The van der Waals surface area contributed by atoms with Gasteiger partial charge in [0, 0.05) is 37.1 Å². The number of benzene rings is 1. The Bertz CT molecular complexity index is 854. The van der Waals surface area contributed by atoms with Crippen LogP contribution >= 0.6 is 11.6 Å². The number of hydrogen-bond donors (Lipinski definition) is 4. The Morgan fingerprint density at radius 3 is 2.62 bits per heavy atom. The van der Waals surface area contributed by atoms with Gasteiger partial charge in [-0.15, -0.1) is 0 Å². The Kier molecular flexibility index (Phi) is 12.2. The number of hydrogen-bond acceptors (Lipinski definition) is 6. The first-order valence-electron chi connectivity index (χ1n) is 13.5. The number of halogens is 1. The summed E-state index contributed by atoms with van der Waals surface area (Å²) in [4.78, 5) is 26.6. The molecular formula is C27H43ClN4O5. The molecule has 1 aliphatic heterocycles. The average molecular weight is 539 g/mol. The summed E-state index contributed by atoms with van der Waals surface area (Å²) in [5.41, 5.74) is 0.943. The molecule has 4 N–H and O–H groups in total. The minimum absolute atomic E-state index is 0.0575. The molecule has 1 saturated heterocycles. The highest BCUT2D eigenvalue weighted by Crippen LogP contribution is 2.34. The Morgan fingerprint density at radius 2 is 1.92 bits per heavy atom. The maximum atomic E-state index is 13.4. The van der Waals surface area contributed by atoms with Crippen LogP contribution in [-0.2, 0) is 9.47 Å². The monoisotopic (exact) mass is 538 g/mol. The number of ether oxygens (including phenoxy) is 2. The van der Waals surface area contributed by atoms with Crippen molar-refractivity contribution >= 4 is 23.7 Å². The topological polar surface area (TPSA) is 112 Å². The van der Waals surface area contributed by atoms with E-state index >= 15 is 0 Å². The molecule has 3 rings (SSSR count). The number of aliphatic hydroxyl groups is 1. The van der Waals surface area contributed by atoms with Crippen LogP contribution in [0.5, 0.6) is 0 Å². The normalized spacial score (nSPS) is 21.1. The number of carbonyl (C=O) groups excluding carboxylic acids is 2. The first-order valence-corrected chi connectivity index (χ1v) is 13.9. The van der Waals surface area contributed by atoms with Crippen LogP contribution in [0.1, 0.15) is 56.6 Å². The summed E-state index contributed by atoms with van der Waals surface area (Å²) < 4.78 is 10.9. The molecule has 0 bridgehead atoms. The fraction of sp³-hybridized carbons (Fsp3) is 0.704. The molecule has 1 saturated carbocycles. The van der Waals surface area contributed by atoms with E-state index in [4.69, 9.17) is 16.3 Å². The third-order valence-corrected chi connectivity index (χ3v) is 7.72. The minimum Gasteiger partial charge on any atom is -0.453 e. The van der Waals surface area contributed by atoms with Gasteiger partial charge in [-0.05, 0) is 56.3 Å². The van der Waals surface area contributed by atoms with Crippen molar-refractivity contribution in [3.63, 3.8) is 0 Å². The molecule has 2 fully saturated rings. The van der Waals surface area contributed by atoms with Gasteiger partial charge in [0.2, 0.25) is 0 Å². The molecular weight excluding hydrogens is 496 g/mol. The molecule has 1 unspecified atom stereocenters. The molecule has 1 heterocycles. The number of nitrogens with zero attached hydrogens (tertiary/aromatic N) is 1. The van der Waals surface area contributed by atoms with Gasteiger partial charge in [0.1, 0.15) is 0 Å². The SMILES string of the molecule is CNCC(NC(=O)N1CCC[C@@H]([C@@H](OCCNC(=O)OC)c2cccc(Cl)c2)C1)[C@@H](O)C1CCCCC1. The standard InChI is InChI=1S/C27H43ClN4O5/c1-29-17-23(24(33)19-8-4-3-5-9-19)31-26(34)32-14-7-11-21(18-32)25(20-10-6-12-22(28)16-20)37-15-13-30-27(35)36-2/h6,10,12,16,19,21,23-25,29,33H,3-5,7-9,11,13-15,17-18H2,1-2H3,(H,30,35)(H,31,34)/t21-,23?,24+,25+/m1/s1. The zero-order chi connectivity index (χ0) is 26.6. The maximum Gasteiger partial charge on any atom is 0.406 e. The third kappa shape index (κ3) is 9.02. The lowest BCUT2D eigenvalue weighted by Crippen LogP contribution is -2.56. The Labute approximate surface area is 225 Å². The van der Waals surface area contributed by atoms with E-state index in [1.807, 2.05) is 36.2 Å². The average Bonchev–Trinajstić information content (AvgIpc) is 2.92. The van der Waals surface area contributed by atoms with Crippen LogP contribution in [0.25, 0.3) is 0 Å². The number of carbonyl (C=O) groups is 2. The van der Waals surface area contributed by atoms with E-state index < -0.39 is 12.2 Å². The van der Waals surface area contributed by atoms with Gasteiger partial charge in [-0.3, -0.25) is 0 Å². The lowest BCUT2D eigenvalue weighted by atomic mass is 9.82. The van der Waals surface area contributed by atoms with Crippen LogP contribution in [-0.4, -0.2) is 81.2 Å². The number of urea groups is 1. The first kappa shape index (κ1) is 29.5. The van der Waals surface area contributed by atoms with Crippen molar-refractivity contribution in [3.8, 4) is 0 Å². The van der Waals surface area contributed by atoms with Gasteiger partial charge in [0.15, 0.2) is 0 Å². The highest BCUT2D eigenvalue weighted by molar-refractivity contribution is 6.30. The lowest BCUT2D eigenvalue weighted by molar-refractivity contribution is -0.00938. The van der Waals surface area contributed by atoms with Gasteiger partial charge in [-0.1, -0.05) is 43.0 Å². The van der Waals surface area contributed by atoms with Gasteiger partial charge >= 0.3 is 12.1 Å². The summed E-state index contributed by atoms with van der Waals surface area (Å²) in [7, 11) is 3.16. The Hall–Kier alpha value is -2.07. The van der Waals surface area contributed by atoms with Crippen molar-refractivity contribution in [2.45, 2.75) is 63.2 Å². The van der Waals surface area contributed by atoms with Crippen molar-refractivity contribution in [1.82, 2.24) is 20.9 Å². The summed E-state index contributed by atoms with van der Waals surface area (Å²) in [6.45, 7) is 2.31. The van der Waals surface area contributed by atoms with E-state index in [1.165, 1.54) is 13.5 Å². The van der Waals surface area contributed by atoms with Crippen LogP contribution in [0.15, 0.2) is 24.3 Å². The van der Waals surface area contributed by atoms with Crippen molar-refractivity contribution in [2.24, 2.45) is 11.8 Å². The van der Waals surface area contributed by atoms with Crippen LogP contribution in [0, 0.1) is 11.8 Å². The first-order chi connectivity index (χ1) is 17.9. The van der Waals surface area contributed by atoms with E-state index in [9.17, 15) is 14.7 Å². The molecule has 208 valence electrons. The molecule has 37 heavy (non-hydrogen) atoms. The van der Waals surface area contributed by atoms with Gasteiger partial charge < -0.3 is 35.4 Å². The number of methoxy groups -OCH3 is 1. The fourth-order valence-electron chi connectivity index (χ4n) is 5.57. The molecule has 1 aliphatic carbocycles. The van der Waals surface area contributed by atoms with Crippen molar-refractivity contribution in [1.29, 1.82) is 0 Å². The second-order valence-electron chi connectivity index (χ2n) is 10.1. The van der Waals surface area contributed by atoms with E-state index in [2.05, 4.69) is 20.7 Å². The van der Waals surface area contributed by atoms with Crippen molar-refractivity contribution in [2.75, 3.05) is 46.9 Å². The number of likely N-dealkylation sites (N-methyl/N-ethyl adjacent to an activating group) is 1. The van der Waals surface area contributed by atoms with E-state index in [-0.39, 0.29) is 30.0 Å².